The van der Waals surface area contributed by atoms with E-state index in [1.54, 1.807) is 0 Å². The summed E-state index contributed by atoms with van der Waals surface area (Å²) < 4.78 is 5.40. The predicted molar refractivity (Wildman–Crippen MR) is 117 cm³/mol. The normalized spacial score (nSPS) is 11.6. The van der Waals surface area contributed by atoms with Crippen LogP contribution < -0.4 is 5.32 Å². The van der Waals surface area contributed by atoms with Crippen LogP contribution in [-0.4, -0.2) is 40.5 Å². The van der Waals surface area contributed by atoms with Gasteiger partial charge in [-0.3, -0.25) is 0 Å². The number of ether oxygens (including phenoxy) is 1. The summed E-state index contributed by atoms with van der Waals surface area (Å²) in [7, 11) is 0. The highest BCUT2D eigenvalue weighted by atomic mass is 16.5. The van der Waals surface area contributed by atoms with E-state index < -0.39 is 17.8 Å². The molecule has 0 aromatic heterocycles. The fraction of sp³-hybridized carbons (Fsp3) is 0.120. The van der Waals surface area contributed by atoms with Crippen molar-refractivity contribution < 1.29 is 29.6 Å². The molecule has 0 atom stereocenters. The molecule has 7 nitrogen and oxygen atoms in total. The Labute approximate surface area is 183 Å². The first kappa shape index (κ1) is 20.8. The maximum absolute atomic E-state index is 12.1. The van der Waals surface area contributed by atoms with Crippen molar-refractivity contribution in [1.29, 1.82) is 0 Å². The van der Waals surface area contributed by atoms with Crippen LogP contribution in [0.4, 0.5) is 4.79 Å². The summed E-state index contributed by atoms with van der Waals surface area (Å²) >= 11 is 0. The molecular formula is C25H19NO6. The van der Waals surface area contributed by atoms with Gasteiger partial charge >= 0.3 is 12.1 Å². The van der Waals surface area contributed by atoms with E-state index >= 15 is 0 Å². The van der Waals surface area contributed by atoms with Crippen LogP contribution >= 0.6 is 0 Å². The van der Waals surface area contributed by atoms with E-state index in [4.69, 9.17) is 9.84 Å². The number of carbonyl (C=O) groups is 2. The summed E-state index contributed by atoms with van der Waals surface area (Å²) in [5, 5.41) is 30.9. The van der Waals surface area contributed by atoms with Gasteiger partial charge in [-0.25, -0.2) is 9.59 Å². The Balaban J connectivity index is 1.37. The molecule has 0 radical (unpaired) electrons. The van der Waals surface area contributed by atoms with Crippen LogP contribution in [0.2, 0.25) is 0 Å². The van der Waals surface area contributed by atoms with Crippen LogP contribution in [0.15, 0.2) is 60.7 Å². The van der Waals surface area contributed by atoms with E-state index in [0.29, 0.717) is 0 Å². The molecule has 32 heavy (non-hydrogen) atoms. The number of alkyl carbamates (subject to hydrolysis) is 1. The van der Waals surface area contributed by atoms with Crippen molar-refractivity contribution in [1.82, 2.24) is 5.32 Å². The van der Waals surface area contributed by atoms with E-state index in [1.807, 2.05) is 36.4 Å². The standard InChI is InChI=1S/C25H19NO6/c27-22-13-23(28)20(24(29)30)12-15(22)6-5-11-26-25(31)32-14-21-18-9-3-1-7-16(18)17-8-2-4-10-19(17)21/h1-4,7-10,12-13,21,27-28H,11,14H2,(H,26,31)(H,29,30). The van der Waals surface area contributed by atoms with Crippen LogP contribution in [0.25, 0.3) is 11.1 Å². The number of fused-ring (bicyclic) bond motifs is 3. The fourth-order valence-electron chi connectivity index (χ4n) is 3.75. The van der Waals surface area contributed by atoms with Crippen LogP contribution in [0, 0.1) is 11.8 Å². The molecule has 0 fully saturated rings. The monoisotopic (exact) mass is 429 g/mol. The summed E-state index contributed by atoms with van der Waals surface area (Å²) in [6.07, 6.45) is -0.637. The average Bonchev–Trinajstić information content (AvgIpc) is 3.10. The quantitative estimate of drug-likeness (QED) is 0.470. The van der Waals surface area contributed by atoms with Crippen LogP contribution in [0.5, 0.6) is 11.5 Å². The molecule has 1 aliphatic carbocycles. The number of aromatic carboxylic acids is 1. The third kappa shape index (κ3) is 4.07. The van der Waals surface area contributed by atoms with Gasteiger partial charge in [-0.2, -0.15) is 0 Å². The molecular weight excluding hydrogens is 410 g/mol. The van der Waals surface area contributed by atoms with Gasteiger partial charge in [0.1, 0.15) is 23.7 Å². The molecule has 3 aromatic carbocycles. The zero-order valence-electron chi connectivity index (χ0n) is 16.8. The number of carboxylic acids is 1. The lowest BCUT2D eigenvalue weighted by molar-refractivity contribution is 0.0693. The molecule has 0 saturated heterocycles. The number of hydrogen-bond acceptors (Lipinski definition) is 5. The fourth-order valence-corrected chi connectivity index (χ4v) is 3.75. The number of phenolic OH excluding ortho intramolecular Hbond substituents is 1. The van der Waals surface area contributed by atoms with Crippen molar-refractivity contribution >= 4 is 12.1 Å². The second-order valence-electron chi connectivity index (χ2n) is 7.17. The minimum absolute atomic E-state index is 0.0227. The minimum atomic E-state index is -1.35. The van der Waals surface area contributed by atoms with Crippen molar-refractivity contribution in [3.05, 3.63) is 82.9 Å². The van der Waals surface area contributed by atoms with Gasteiger partial charge in [-0.15, -0.1) is 0 Å². The van der Waals surface area contributed by atoms with Crippen LogP contribution in [0.1, 0.15) is 33.0 Å². The maximum atomic E-state index is 12.1. The SMILES string of the molecule is O=C(NCC#Cc1cc(C(=O)O)c(O)cc1O)OCC1c2ccccc2-c2ccccc21. The average molecular weight is 429 g/mol. The van der Waals surface area contributed by atoms with Gasteiger partial charge in [0, 0.05) is 12.0 Å². The van der Waals surface area contributed by atoms with Crippen molar-refractivity contribution in [2.75, 3.05) is 13.2 Å². The van der Waals surface area contributed by atoms with E-state index in [0.717, 1.165) is 34.4 Å². The van der Waals surface area contributed by atoms with Gasteiger partial charge in [-0.05, 0) is 28.3 Å². The Bertz CT molecular complexity index is 1230. The molecule has 160 valence electrons. The number of aromatic hydroxyl groups is 2. The van der Waals surface area contributed by atoms with E-state index in [1.165, 1.54) is 0 Å². The largest absolute Gasteiger partial charge is 0.507 e. The Morgan fingerprint density at radius 1 is 0.938 bits per heavy atom. The van der Waals surface area contributed by atoms with Crippen molar-refractivity contribution in [3.8, 4) is 34.5 Å². The number of nitrogens with one attached hydrogen (secondary N) is 1. The highest BCUT2D eigenvalue weighted by Crippen LogP contribution is 2.44. The third-order valence-electron chi connectivity index (χ3n) is 5.23. The summed E-state index contributed by atoms with van der Waals surface area (Å²) in [6.45, 7) is 0.105. The predicted octanol–water partition coefficient (Wildman–Crippen LogP) is 3.69. The van der Waals surface area contributed by atoms with Crippen LogP contribution in [-0.2, 0) is 4.74 Å². The first-order valence-electron chi connectivity index (χ1n) is 9.82. The summed E-state index contributed by atoms with van der Waals surface area (Å²) in [4.78, 5) is 23.2. The molecule has 0 unspecified atom stereocenters. The molecule has 3 aromatic rings. The summed E-state index contributed by atoms with van der Waals surface area (Å²) in [5.41, 5.74) is 4.14. The first-order valence-corrected chi connectivity index (χ1v) is 9.82. The first-order chi connectivity index (χ1) is 15.5. The van der Waals surface area contributed by atoms with Gasteiger partial charge in [0.25, 0.3) is 0 Å². The Morgan fingerprint density at radius 2 is 1.56 bits per heavy atom. The van der Waals surface area contributed by atoms with Gasteiger partial charge in [0.2, 0.25) is 0 Å². The lowest BCUT2D eigenvalue weighted by Crippen LogP contribution is -2.26. The molecule has 4 rings (SSSR count). The van der Waals surface area contributed by atoms with E-state index in [-0.39, 0.29) is 35.9 Å². The zero-order chi connectivity index (χ0) is 22.7. The number of hydrogen-bond donors (Lipinski definition) is 4. The molecule has 0 saturated carbocycles. The molecule has 1 aliphatic rings. The van der Waals surface area contributed by atoms with E-state index in [2.05, 4.69) is 29.3 Å². The van der Waals surface area contributed by atoms with Gasteiger partial charge in [-0.1, -0.05) is 60.4 Å². The number of amides is 1. The molecule has 7 heteroatoms. The Morgan fingerprint density at radius 3 is 2.19 bits per heavy atom. The zero-order valence-corrected chi connectivity index (χ0v) is 16.8. The second-order valence-corrected chi connectivity index (χ2v) is 7.17. The maximum Gasteiger partial charge on any atom is 0.407 e. The molecule has 0 bridgehead atoms. The molecule has 1 amide bonds. The van der Waals surface area contributed by atoms with Crippen molar-refractivity contribution in [2.24, 2.45) is 0 Å². The topological polar surface area (TPSA) is 116 Å². The van der Waals surface area contributed by atoms with E-state index in [9.17, 15) is 19.8 Å². The Hall–Kier alpha value is -4.44. The van der Waals surface area contributed by atoms with Gasteiger partial charge in [0.05, 0.1) is 12.1 Å². The second kappa shape index (κ2) is 8.74. The number of benzene rings is 3. The molecule has 4 N–H and O–H groups in total. The van der Waals surface area contributed by atoms with Gasteiger partial charge in [0.15, 0.2) is 0 Å². The number of rotatable bonds is 4. The number of phenols is 2. The van der Waals surface area contributed by atoms with Crippen molar-refractivity contribution in [3.63, 3.8) is 0 Å². The number of carboxylic acid groups (broad SMARTS) is 1. The number of carbonyl (C=O) groups excluding carboxylic acids is 1. The molecule has 0 aliphatic heterocycles. The summed E-state index contributed by atoms with van der Waals surface area (Å²) in [6, 6.07) is 18.0. The van der Waals surface area contributed by atoms with Crippen molar-refractivity contribution in [2.45, 2.75) is 5.92 Å². The third-order valence-corrected chi connectivity index (χ3v) is 5.23. The summed E-state index contributed by atoms with van der Waals surface area (Å²) in [5.74, 6) is 2.87. The van der Waals surface area contributed by atoms with Crippen LogP contribution in [0.3, 0.4) is 0 Å². The highest BCUT2D eigenvalue weighted by Gasteiger charge is 2.28. The molecule has 0 spiro atoms. The highest BCUT2D eigenvalue weighted by molar-refractivity contribution is 5.91. The van der Waals surface area contributed by atoms with Gasteiger partial charge < -0.3 is 25.4 Å². The molecule has 0 heterocycles. The lowest BCUT2D eigenvalue weighted by Gasteiger charge is -2.14. The smallest absolute Gasteiger partial charge is 0.407 e. The minimum Gasteiger partial charge on any atom is -0.507 e. The Kier molecular flexibility index (Phi) is 5.69. The lowest BCUT2D eigenvalue weighted by atomic mass is 9.98.